The highest BCUT2D eigenvalue weighted by atomic mass is 127. The number of rotatable bonds is 5. The molecule has 0 amide bonds. The second kappa shape index (κ2) is 8.63. The minimum atomic E-state index is -0.129. The van der Waals surface area contributed by atoms with E-state index in [9.17, 15) is 0 Å². The van der Waals surface area contributed by atoms with E-state index in [-0.39, 0.29) is 10.9 Å². The summed E-state index contributed by atoms with van der Waals surface area (Å²) in [5, 5.41) is 0. The fourth-order valence-corrected chi connectivity index (χ4v) is 5.25. The molecule has 3 heteroatoms. The molecule has 0 N–H and O–H groups in total. The lowest BCUT2D eigenvalue weighted by molar-refractivity contribution is 0.482. The number of ether oxygens (including phenoxy) is 1. The highest BCUT2D eigenvalue weighted by Crippen LogP contribution is 2.32. The van der Waals surface area contributed by atoms with E-state index < -0.39 is 0 Å². The van der Waals surface area contributed by atoms with Crippen molar-refractivity contribution in [1.82, 2.24) is 0 Å². The fourth-order valence-electron chi connectivity index (χ4n) is 2.80. The third-order valence-corrected chi connectivity index (χ3v) is 7.02. The van der Waals surface area contributed by atoms with Crippen LogP contribution < -0.4 is 4.74 Å². The van der Waals surface area contributed by atoms with Gasteiger partial charge in [-0.2, -0.15) is 0 Å². The monoisotopic (exact) mass is 481 g/mol. The van der Waals surface area contributed by atoms with Crippen LogP contribution in [-0.4, -0.2) is 0 Å². The number of hydrogen-bond acceptors (Lipinski definition) is 1. The van der Waals surface area contributed by atoms with Crippen molar-refractivity contribution >= 4 is 33.5 Å². The lowest BCUT2D eigenvalue weighted by atomic mass is 10.3. The van der Waals surface area contributed by atoms with E-state index in [1.807, 2.05) is 24.3 Å². The van der Waals surface area contributed by atoms with Crippen molar-refractivity contribution in [3.8, 4) is 11.5 Å². The van der Waals surface area contributed by atoms with E-state index in [1.165, 1.54) is 18.3 Å². The largest absolute Gasteiger partial charge is 0.457 e. The van der Waals surface area contributed by atoms with Crippen LogP contribution in [-0.2, 0) is 10.9 Å². The van der Waals surface area contributed by atoms with E-state index in [0.29, 0.717) is 0 Å². The quantitative estimate of drug-likeness (QED) is 0.217. The highest BCUT2D eigenvalue weighted by molar-refractivity contribution is 14.1. The first kappa shape index (κ1) is 18.1. The highest BCUT2D eigenvalue weighted by Gasteiger charge is 2.28. The molecule has 0 aliphatic carbocycles. The lowest BCUT2D eigenvalue weighted by Crippen LogP contribution is -2.04. The van der Waals surface area contributed by atoms with Crippen molar-refractivity contribution in [2.24, 2.45) is 0 Å². The maximum Gasteiger partial charge on any atom is 0.166 e. The topological polar surface area (TPSA) is 9.23 Å². The van der Waals surface area contributed by atoms with Gasteiger partial charge in [-0.05, 0) is 95.4 Å². The molecule has 4 aromatic rings. The van der Waals surface area contributed by atoms with Gasteiger partial charge < -0.3 is 4.74 Å². The van der Waals surface area contributed by atoms with Crippen LogP contribution in [0.3, 0.4) is 0 Å². The van der Waals surface area contributed by atoms with Crippen LogP contribution in [0.5, 0.6) is 11.5 Å². The second-order valence-corrected chi connectivity index (χ2v) is 9.23. The van der Waals surface area contributed by atoms with Crippen LogP contribution >= 0.6 is 22.6 Å². The molecule has 0 atom stereocenters. The molecule has 0 aliphatic rings. The predicted molar refractivity (Wildman–Crippen MR) is 121 cm³/mol. The Morgan fingerprint density at radius 2 is 0.889 bits per heavy atom. The number of halogens is 1. The zero-order valence-corrected chi connectivity index (χ0v) is 17.6. The average molecular weight is 481 g/mol. The van der Waals surface area contributed by atoms with Gasteiger partial charge in [-0.15, -0.1) is 0 Å². The zero-order valence-electron chi connectivity index (χ0n) is 14.6. The van der Waals surface area contributed by atoms with Crippen molar-refractivity contribution in [1.29, 1.82) is 0 Å². The van der Waals surface area contributed by atoms with E-state index in [2.05, 4.69) is 108 Å². The molecule has 0 spiro atoms. The molecule has 0 aromatic heterocycles. The molecular formula is C24H18IOS+. The Balaban J connectivity index is 1.64. The van der Waals surface area contributed by atoms with E-state index in [4.69, 9.17) is 4.74 Å². The van der Waals surface area contributed by atoms with Crippen LogP contribution in [0.4, 0.5) is 0 Å². The summed E-state index contributed by atoms with van der Waals surface area (Å²) in [5.74, 6) is 1.71. The molecule has 0 fully saturated rings. The Hall–Kier alpha value is -2.24. The zero-order chi connectivity index (χ0) is 18.5. The van der Waals surface area contributed by atoms with Gasteiger partial charge in [-0.1, -0.05) is 36.4 Å². The Labute approximate surface area is 176 Å². The SMILES string of the molecule is Ic1ccc(Oc2ccc([S+](c3ccccc3)c3ccccc3)cc2)cc1. The Bertz CT molecular complexity index is 944. The molecule has 4 rings (SSSR count). The van der Waals surface area contributed by atoms with Crippen LogP contribution in [0, 0.1) is 3.57 Å². The smallest absolute Gasteiger partial charge is 0.166 e. The van der Waals surface area contributed by atoms with Gasteiger partial charge in [0.1, 0.15) is 11.5 Å². The van der Waals surface area contributed by atoms with Crippen LogP contribution in [0.15, 0.2) is 124 Å². The molecule has 0 aliphatic heterocycles. The van der Waals surface area contributed by atoms with Crippen LogP contribution in [0.2, 0.25) is 0 Å². The Morgan fingerprint density at radius 1 is 0.481 bits per heavy atom. The lowest BCUT2D eigenvalue weighted by Gasteiger charge is -2.09. The fraction of sp³-hybridized carbons (Fsp3) is 0. The van der Waals surface area contributed by atoms with Crippen LogP contribution in [0.25, 0.3) is 0 Å². The summed E-state index contributed by atoms with van der Waals surface area (Å²) < 4.78 is 7.18. The van der Waals surface area contributed by atoms with E-state index >= 15 is 0 Å². The van der Waals surface area contributed by atoms with Crippen molar-refractivity contribution in [3.05, 3.63) is 113 Å². The summed E-state index contributed by atoms with van der Waals surface area (Å²) in [6.07, 6.45) is 0. The van der Waals surface area contributed by atoms with Crippen molar-refractivity contribution in [2.75, 3.05) is 0 Å². The molecule has 0 heterocycles. The van der Waals surface area contributed by atoms with Gasteiger partial charge in [0.15, 0.2) is 14.7 Å². The normalized spacial score (nSPS) is 10.7. The first-order valence-corrected chi connectivity index (χ1v) is 11.0. The number of benzene rings is 4. The maximum atomic E-state index is 5.98. The number of hydrogen-bond donors (Lipinski definition) is 0. The average Bonchev–Trinajstić information content (AvgIpc) is 2.73. The predicted octanol–water partition coefficient (Wildman–Crippen LogP) is 7.18. The van der Waals surface area contributed by atoms with E-state index in [0.717, 1.165) is 11.5 Å². The van der Waals surface area contributed by atoms with Crippen molar-refractivity contribution < 1.29 is 4.74 Å². The van der Waals surface area contributed by atoms with Gasteiger partial charge in [-0.25, -0.2) is 0 Å². The second-order valence-electron chi connectivity index (χ2n) is 5.96. The van der Waals surface area contributed by atoms with Crippen LogP contribution in [0.1, 0.15) is 0 Å². The molecule has 1 nitrogen and oxygen atoms in total. The summed E-state index contributed by atoms with van der Waals surface area (Å²) in [7, 11) is -0.129. The molecule has 0 saturated heterocycles. The minimum absolute atomic E-state index is 0.129. The van der Waals surface area contributed by atoms with Crippen molar-refractivity contribution in [3.63, 3.8) is 0 Å². The Kier molecular flexibility index (Phi) is 5.80. The third kappa shape index (κ3) is 4.54. The molecule has 0 saturated carbocycles. The maximum absolute atomic E-state index is 5.98. The summed E-state index contributed by atoms with van der Waals surface area (Å²) in [5.41, 5.74) is 0. The molecule has 0 bridgehead atoms. The first-order valence-electron chi connectivity index (χ1n) is 8.67. The molecule has 132 valence electrons. The molecule has 0 radical (unpaired) electrons. The summed E-state index contributed by atoms with van der Waals surface area (Å²) >= 11 is 2.30. The third-order valence-electron chi connectivity index (χ3n) is 4.07. The molecule has 0 unspecified atom stereocenters. The first-order chi connectivity index (χ1) is 13.3. The van der Waals surface area contributed by atoms with Gasteiger partial charge in [0.25, 0.3) is 0 Å². The van der Waals surface area contributed by atoms with Gasteiger partial charge in [0.05, 0.1) is 10.9 Å². The van der Waals surface area contributed by atoms with Gasteiger partial charge >= 0.3 is 0 Å². The summed E-state index contributed by atoms with van der Waals surface area (Å²) in [6, 6.07) is 37.9. The van der Waals surface area contributed by atoms with E-state index in [1.54, 1.807) is 0 Å². The van der Waals surface area contributed by atoms with Gasteiger partial charge in [0, 0.05) is 3.57 Å². The molecular weight excluding hydrogens is 463 g/mol. The summed E-state index contributed by atoms with van der Waals surface area (Å²) in [4.78, 5) is 3.91. The molecule has 4 aromatic carbocycles. The summed E-state index contributed by atoms with van der Waals surface area (Å²) in [6.45, 7) is 0. The molecule has 27 heavy (non-hydrogen) atoms. The van der Waals surface area contributed by atoms with Crippen molar-refractivity contribution in [2.45, 2.75) is 14.7 Å². The standard InChI is InChI=1S/C24H18IOS/c25-19-11-13-20(14-12-19)26-21-15-17-24(18-16-21)27(22-7-3-1-4-8-22)23-9-5-2-6-10-23/h1-18H/q+1. The van der Waals surface area contributed by atoms with Gasteiger partial charge in [-0.3, -0.25) is 0 Å². The van der Waals surface area contributed by atoms with Gasteiger partial charge in [0.2, 0.25) is 0 Å². The minimum Gasteiger partial charge on any atom is -0.457 e. The Morgan fingerprint density at radius 3 is 1.37 bits per heavy atom.